The SMILES string of the molecule is Cc1ccc(C2(O)Oc3ccccc3C(=O)C2C)cc1. The van der Waals surface area contributed by atoms with Crippen molar-refractivity contribution in [2.75, 3.05) is 0 Å². The number of fused-ring (bicyclic) bond motifs is 1. The smallest absolute Gasteiger partial charge is 0.244 e. The van der Waals surface area contributed by atoms with Gasteiger partial charge < -0.3 is 9.84 Å². The standard InChI is InChI=1S/C17H16O3/c1-11-7-9-13(10-8-11)17(19)12(2)16(18)14-5-3-4-6-15(14)20-17/h3-10,12,19H,1-2H3. The lowest BCUT2D eigenvalue weighted by Crippen LogP contribution is -2.46. The Morgan fingerprint density at radius 2 is 1.75 bits per heavy atom. The number of carbonyl (C=O) groups is 1. The maximum atomic E-state index is 12.4. The Morgan fingerprint density at radius 3 is 2.45 bits per heavy atom. The predicted molar refractivity (Wildman–Crippen MR) is 75.6 cm³/mol. The van der Waals surface area contributed by atoms with Crippen LogP contribution in [0.4, 0.5) is 0 Å². The molecule has 3 rings (SSSR count). The number of hydrogen-bond donors (Lipinski definition) is 1. The van der Waals surface area contributed by atoms with Crippen molar-refractivity contribution >= 4 is 5.78 Å². The van der Waals surface area contributed by atoms with Crippen molar-refractivity contribution in [3.05, 3.63) is 65.2 Å². The number of aryl methyl sites for hydroxylation is 1. The van der Waals surface area contributed by atoms with Crippen molar-refractivity contribution in [2.24, 2.45) is 5.92 Å². The zero-order chi connectivity index (χ0) is 14.3. The van der Waals surface area contributed by atoms with Gasteiger partial charge in [0.25, 0.3) is 0 Å². The highest BCUT2D eigenvalue weighted by atomic mass is 16.6. The monoisotopic (exact) mass is 268 g/mol. The molecule has 0 aliphatic carbocycles. The van der Waals surface area contributed by atoms with Crippen molar-refractivity contribution < 1.29 is 14.6 Å². The lowest BCUT2D eigenvalue weighted by Gasteiger charge is -2.38. The van der Waals surface area contributed by atoms with Gasteiger partial charge in [-0.05, 0) is 26.0 Å². The minimum atomic E-state index is -1.61. The van der Waals surface area contributed by atoms with Crippen LogP contribution < -0.4 is 4.74 Å². The summed E-state index contributed by atoms with van der Waals surface area (Å²) < 4.78 is 5.76. The van der Waals surface area contributed by atoms with Crippen LogP contribution >= 0.6 is 0 Å². The minimum absolute atomic E-state index is 0.102. The second-order valence-electron chi connectivity index (χ2n) is 5.25. The first-order chi connectivity index (χ1) is 9.52. The Balaban J connectivity index is 2.11. The van der Waals surface area contributed by atoms with Crippen LogP contribution in [-0.4, -0.2) is 10.9 Å². The molecule has 2 aromatic carbocycles. The fourth-order valence-electron chi connectivity index (χ4n) is 2.53. The highest BCUT2D eigenvalue weighted by molar-refractivity contribution is 6.01. The van der Waals surface area contributed by atoms with Gasteiger partial charge in [0.2, 0.25) is 5.79 Å². The molecule has 0 radical (unpaired) electrons. The second kappa shape index (κ2) is 4.46. The van der Waals surface area contributed by atoms with Crippen molar-refractivity contribution in [3.63, 3.8) is 0 Å². The average molecular weight is 268 g/mol. The van der Waals surface area contributed by atoms with Crippen LogP contribution in [0.5, 0.6) is 5.75 Å². The highest BCUT2D eigenvalue weighted by Gasteiger charge is 2.47. The summed E-state index contributed by atoms with van der Waals surface area (Å²) in [7, 11) is 0. The van der Waals surface area contributed by atoms with E-state index in [4.69, 9.17) is 4.74 Å². The Morgan fingerprint density at radius 1 is 1.10 bits per heavy atom. The molecule has 1 heterocycles. The van der Waals surface area contributed by atoms with Gasteiger partial charge in [-0.3, -0.25) is 4.79 Å². The van der Waals surface area contributed by atoms with Gasteiger partial charge in [-0.2, -0.15) is 0 Å². The lowest BCUT2D eigenvalue weighted by atomic mass is 9.84. The molecule has 3 heteroatoms. The first-order valence-electron chi connectivity index (χ1n) is 6.64. The maximum absolute atomic E-state index is 12.4. The summed E-state index contributed by atoms with van der Waals surface area (Å²) in [4.78, 5) is 12.4. The van der Waals surface area contributed by atoms with Crippen molar-refractivity contribution in [1.82, 2.24) is 0 Å². The second-order valence-corrected chi connectivity index (χ2v) is 5.25. The molecule has 102 valence electrons. The van der Waals surface area contributed by atoms with Crippen molar-refractivity contribution in [1.29, 1.82) is 0 Å². The third-order valence-electron chi connectivity index (χ3n) is 3.86. The van der Waals surface area contributed by atoms with E-state index in [2.05, 4.69) is 0 Å². The van der Waals surface area contributed by atoms with Gasteiger partial charge in [0, 0.05) is 5.56 Å². The largest absolute Gasteiger partial charge is 0.457 e. The number of rotatable bonds is 1. The first-order valence-corrected chi connectivity index (χ1v) is 6.64. The summed E-state index contributed by atoms with van der Waals surface area (Å²) in [6.45, 7) is 3.66. The van der Waals surface area contributed by atoms with Gasteiger partial charge >= 0.3 is 0 Å². The van der Waals surface area contributed by atoms with Crippen LogP contribution in [0.25, 0.3) is 0 Å². The van der Waals surface area contributed by atoms with E-state index >= 15 is 0 Å². The van der Waals surface area contributed by atoms with E-state index in [0.29, 0.717) is 16.9 Å². The number of ether oxygens (including phenoxy) is 1. The molecule has 0 amide bonds. The summed E-state index contributed by atoms with van der Waals surface area (Å²) in [5, 5.41) is 10.9. The Kier molecular flexibility index (Phi) is 2.87. The van der Waals surface area contributed by atoms with Crippen LogP contribution in [0.1, 0.15) is 28.4 Å². The Bertz CT molecular complexity index is 660. The van der Waals surface area contributed by atoms with Gasteiger partial charge in [0.1, 0.15) is 5.75 Å². The molecule has 0 bridgehead atoms. The Labute approximate surface area is 117 Å². The fourth-order valence-corrected chi connectivity index (χ4v) is 2.53. The van der Waals surface area contributed by atoms with Crippen molar-refractivity contribution in [2.45, 2.75) is 19.6 Å². The highest BCUT2D eigenvalue weighted by Crippen LogP contribution is 2.41. The molecule has 0 spiro atoms. The van der Waals surface area contributed by atoms with Crippen LogP contribution in [-0.2, 0) is 5.79 Å². The average Bonchev–Trinajstić information content (AvgIpc) is 2.46. The zero-order valence-corrected chi connectivity index (χ0v) is 11.5. The number of para-hydroxylation sites is 1. The van der Waals surface area contributed by atoms with Crippen LogP contribution in [0.3, 0.4) is 0 Å². The maximum Gasteiger partial charge on any atom is 0.244 e. The number of carbonyl (C=O) groups excluding carboxylic acids is 1. The van der Waals surface area contributed by atoms with Gasteiger partial charge in [-0.1, -0.05) is 42.0 Å². The van der Waals surface area contributed by atoms with Gasteiger partial charge in [0.15, 0.2) is 5.78 Å². The summed E-state index contributed by atoms with van der Waals surface area (Å²) in [6.07, 6.45) is 0. The molecular formula is C17H16O3. The van der Waals surface area contributed by atoms with E-state index in [1.54, 1.807) is 43.3 Å². The molecule has 0 fully saturated rings. The number of Topliss-reactive ketones (excluding diaryl/α,β-unsaturated/α-hetero) is 1. The molecule has 0 saturated carbocycles. The van der Waals surface area contributed by atoms with E-state index in [9.17, 15) is 9.90 Å². The predicted octanol–water partition coefficient (Wildman–Crippen LogP) is 3.05. The van der Waals surface area contributed by atoms with Gasteiger partial charge in [-0.15, -0.1) is 0 Å². The first kappa shape index (κ1) is 12.9. The topological polar surface area (TPSA) is 46.5 Å². The zero-order valence-electron chi connectivity index (χ0n) is 11.5. The van der Waals surface area contributed by atoms with E-state index < -0.39 is 11.7 Å². The van der Waals surface area contributed by atoms with Crippen molar-refractivity contribution in [3.8, 4) is 5.75 Å². The molecule has 0 saturated heterocycles. The van der Waals surface area contributed by atoms with Crippen LogP contribution in [0.2, 0.25) is 0 Å². The van der Waals surface area contributed by atoms with Crippen LogP contribution in [0, 0.1) is 12.8 Å². The van der Waals surface area contributed by atoms with E-state index in [1.807, 2.05) is 19.1 Å². The third kappa shape index (κ3) is 1.82. The third-order valence-corrected chi connectivity index (χ3v) is 3.86. The number of aliphatic hydroxyl groups is 1. The molecule has 2 aromatic rings. The summed E-state index contributed by atoms with van der Waals surface area (Å²) in [6, 6.07) is 14.4. The number of hydrogen-bond acceptors (Lipinski definition) is 3. The van der Waals surface area contributed by atoms with E-state index in [0.717, 1.165) is 5.56 Å². The molecular weight excluding hydrogens is 252 g/mol. The number of benzene rings is 2. The quantitative estimate of drug-likeness (QED) is 0.864. The lowest BCUT2D eigenvalue weighted by molar-refractivity contribution is -0.176. The fraction of sp³-hybridized carbons (Fsp3) is 0.235. The summed E-state index contributed by atoms with van der Waals surface area (Å²) in [5.41, 5.74) is 2.21. The summed E-state index contributed by atoms with van der Waals surface area (Å²) in [5.74, 6) is -1.94. The molecule has 0 aromatic heterocycles. The molecule has 20 heavy (non-hydrogen) atoms. The normalized spacial score (nSPS) is 24.9. The van der Waals surface area contributed by atoms with Gasteiger partial charge in [0.05, 0.1) is 11.5 Å². The Hall–Kier alpha value is -2.13. The van der Waals surface area contributed by atoms with E-state index in [-0.39, 0.29) is 5.78 Å². The molecule has 2 unspecified atom stereocenters. The van der Waals surface area contributed by atoms with Crippen LogP contribution in [0.15, 0.2) is 48.5 Å². The molecule has 2 atom stereocenters. The van der Waals surface area contributed by atoms with Gasteiger partial charge in [-0.25, -0.2) is 0 Å². The summed E-state index contributed by atoms with van der Waals surface area (Å²) >= 11 is 0. The molecule has 3 nitrogen and oxygen atoms in total. The molecule has 1 aliphatic rings. The molecule has 1 N–H and O–H groups in total. The number of ketones is 1. The minimum Gasteiger partial charge on any atom is -0.457 e. The molecule has 1 aliphatic heterocycles. The van der Waals surface area contributed by atoms with E-state index in [1.165, 1.54) is 0 Å².